The van der Waals surface area contributed by atoms with E-state index in [9.17, 15) is 14.4 Å². The topological polar surface area (TPSA) is 99.3 Å². The number of carbonyl (C=O) groups excluding carboxylic acids is 1. The minimum Gasteiger partial charge on any atom is -0.480 e. The van der Waals surface area contributed by atoms with Crippen LogP contribution in [-0.4, -0.2) is 28.0 Å². The quantitative estimate of drug-likeness (QED) is 0.666. The van der Waals surface area contributed by atoms with Crippen molar-refractivity contribution >= 4 is 11.9 Å². The predicted octanol–water partition coefficient (Wildman–Crippen LogP) is -0.114. The lowest BCUT2D eigenvalue weighted by Gasteiger charge is -2.08. The molecule has 16 heavy (non-hydrogen) atoms. The molecular formula is C10H12N2O4. The third-order valence-electron chi connectivity index (χ3n) is 2.02. The van der Waals surface area contributed by atoms with E-state index in [1.807, 2.05) is 0 Å². The van der Waals surface area contributed by atoms with Gasteiger partial charge >= 0.3 is 5.97 Å². The molecule has 3 N–H and O–H groups in total. The van der Waals surface area contributed by atoms with Crippen molar-refractivity contribution < 1.29 is 14.7 Å². The third kappa shape index (κ3) is 2.69. The van der Waals surface area contributed by atoms with Crippen LogP contribution in [0.25, 0.3) is 0 Å². The molecule has 6 heteroatoms. The molecule has 0 aromatic carbocycles. The Hall–Kier alpha value is -2.11. The minimum absolute atomic E-state index is 0.0984. The van der Waals surface area contributed by atoms with Crippen molar-refractivity contribution in [2.45, 2.75) is 19.9 Å². The SMILES string of the molecule is Cc1cc(=O)c(C(=O)N[C@H](C)C(=O)O)c[nH]1. The average Bonchev–Trinajstić information content (AvgIpc) is 2.16. The molecule has 1 aromatic rings. The van der Waals surface area contributed by atoms with E-state index in [4.69, 9.17) is 5.11 Å². The Morgan fingerprint density at radius 3 is 2.62 bits per heavy atom. The number of aryl methyl sites for hydroxylation is 1. The van der Waals surface area contributed by atoms with Gasteiger partial charge in [0.2, 0.25) is 0 Å². The van der Waals surface area contributed by atoms with Gasteiger partial charge in [-0.3, -0.25) is 14.4 Å². The van der Waals surface area contributed by atoms with Crippen molar-refractivity contribution in [1.82, 2.24) is 10.3 Å². The molecule has 0 aliphatic heterocycles. The van der Waals surface area contributed by atoms with E-state index in [0.717, 1.165) is 0 Å². The van der Waals surface area contributed by atoms with Gasteiger partial charge in [-0.2, -0.15) is 0 Å². The summed E-state index contributed by atoms with van der Waals surface area (Å²) >= 11 is 0. The van der Waals surface area contributed by atoms with Gasteiger partial charge in [0.15, 0.2) is 5.43 Å². The monoisotopic (exact) mass is 224 g/mol. The lowest BCUT2D eigenvalue weighted by Crippen LogP contribution is -2.40. The minimum atomic E-state index is -1.16. The molecule has 0 saturated heterocycles. The normalized spacial score (nSPS) is 11.9. The zero-order chi connectivity index (χ0) is 12.3. The first-order valence-electron chi connectivity index (χ1n) is 4.65. The molecular weight excluding hydrogens is 212 g/mol. The fourth-order valence-electron chi connectivity index (χ4n) is 1.09. The second kappa shape index (κ2) is 4.61. The maximum atomic E-state index is 11.5. The molecule has 86 valence electrons. The number of H-pyrrole nitrogens is 1. The van der Waals surface area contributed by atoms with Crippen molar-refractivity contribution in [3.63, 3.8) is 0 Å². The van der Waals surface area contributed by atoms with Crippen LogP contribution in [0.5, 0.6) is 0 Å². The van der Waals surface area contributed by atoms with E-state index in [0.29, 0.717) is 5.69 Å². The molecule has 0 saturated carbocycles. The standard InChI is InChI=1S/C10H12N2O4/c1-5-3-8(13)7(4-11-5)9(14)12-6(2)10(15)16/h3-4,6H,1-2H3,(H,11,13)(H,12,14)(H,15,16)/t6-/m1/s1. The lowest BCUT2D eigenvalue weighted by molar-refractivity contribution is -0.138. The van der Waals surface area contributed by atoms with E-state index in [1.54, 1.807) is 6.92 Å². The predicted molar refractivity (Wildman–Crippen MR) is 56.4 cm³/mol. The summed E-state index contributed by atoms with van der Waals surface area (Å²) in [6.07, 6.45) is 1.27. The summed E-state index contributed by atoms with van der Waals surface area (Å²) in [5, 5.41) is 10.8. The molecule has 1 atom stereocenters. The molecule has 0 radical (unpaired) electrons. The summed E-state index contributed by atoms with van der Waals surface area (Å²) in [5.41, 5.74) is 0.0953. The van der Waals surface area contributed by atoms with Crippen LogP contribution in [-0.2, 0) is 4.79 Å². The molecule has 0 fully saturated rings. The highest BCUT2D eigenvalue weighted by molar-refractivity contribution is 5.96. The van der Waals surface area contributed by atoms with Crippen LogP contribution in [0.4, 0.5) is 0 Å². The number of pyridine rings is 1. The number of aromatic amines is 1. The number of carboxylic acid groups (broad SMARTS) is 1. The van der Waals surface area contributed by atoms with Crippen LogP contribution in [0.2, 0.25) is 0 Å². The number of hydrogen-bond acceptors (Lipinski definition) is 3. The Balaban J connectivity index is 2.89. The van der Waals surface area contributed by atoms with E-state index in [1.165, 1.54) is 19.2 Å². The zero-order valence-corrected chi connectivity index (χ0v) is 8.90. The van der Waals surface area contributed by atoms with Gasteiger partial charge in [0.05, 0.1) is 0 Å². The number of aromatic nitrogens is 1. The zero-order valence-electron chi connectivity index (χ0n) is 8.90. The molecule has 0 bridgehead atoms. The fourth-order valence-corrected chi connectivity index (χ4v) is 1.09. The van der Waals surface area contributed by atoms with Crippen molar-refractivity contribution in [2.75, 3.05) is 0 Å². The van der Waals surface area contributed by atoms with Crippen LogP contribution in [0.15, 0.2) is 17.1 Å². The molecule has 0 aliphatic rings. The van der Waals surface area contributed by atoms with Gasteiger partial charge in [-0.1, -0.05) is 0 Å². The molecule has 1 rings (SSSR count). The molecule has 0 aliphatic carbocycles. The summed E-state index contributed by atoms with van der Waals surface area (Å²) in [5.74, 6) is -1.85. The van der Waals surface area contributed by atoms with Crippen molar-refractivity contribution in [2.24, 2.45) is 0 Å². The molecule has 0 spiro atoms. The Kier molecular flexibility index (Phi) is 3.44. The highest BCUT2D eigenvalue weighted by atomic mass is 16.4. The van der Waals surface area contributed by atoms with Crippen LogP contribution >= 0.6 is 0 Å². The summed E-state index contributed by atoms with van der Waals surface area (Å²) in [7, 11) is 0. The smallest absolute Gasteiger partial charge is 0.325 e. The second-order valence-corrected chi connectivity index (χ2v) is 3.43. The number of rotatable bonds is 3. The van der Waals surface area contributed by atoms with E-state index >= 15 is 0 Å². The Bertz CT molecular complexity index is 478. The molecule has 6 nitrogen and oxygen atoms in total. The van der Waals surface area contributed by atoms with Gasteiger partial charge < -0.3 is 15.4 Å². The Morgan fingerprint density at radius 2 is 2.12 bits per heavy atom. The second-order valence-electron chi connectivity index (χ2n) is 3.43. The number of carbonyl (C=O) groups is 2. The van der Waals surface area contributed by atoms with Gasteiger partial charge in [-0.15, -0.1) is 0 Å². The summed E-state index contributed by atoms with van der Waals surface area (Å²) < 4.78 is 0. The maximum absolute atomic E-state index is 11.5. The molecule has 1 heterocycles. The van der Waals surface area contributed by atoms with Crippen molar-refractivity contribution in [3.05, 3.63) is 33.7 Å². The highest BCUT2D eigenvalue weighted by Gasteiger charge is 2.17. The molecule has 1 amide bonds. The van der Waals surface area contributed by atoms with Crippen molar-refractivity contribution in [3.8, 4) is 0 Å². The number of hydrogen-bond donors (Lipinski definition) is 3. The molecule has 0 unspecified atom stereocenters. The average molecular weight is 224 g/mol. The summed E-state index contributed by atoms with van der Waals surface area (Å²) in [6.45, 7) is 3.01. The largest absolute Gasteiger partial charge is 0.480 e. The van der Waals surface area contributed by atoms with E-state index in [2.05, 4.69) is 10.3 Å². The van der Waals surface area contributed by atoms with E-state index < -0.39 is 23.3 Å². The van der Waals surface area contributed by atoms with Gasteiger partial charge in [0.1, 0.15) is 11.6 Å². The lowest BCUT2D eigenvalue weighted by atomic mass is 10.2. The molecule has 1 aromatic heterocycles. The van der Waals surface area contributed by atoms with Crippen LogP contribution < -0.4 is 10.7 Å². The van der Waals surface area contributed by atoms with Crippen molar-refractivity contribution in [1.29, 1.82) is 0 Å². The number of nitrogens with one attached hydrogen (secondary N) is 2. The number of carboxylic acids is 1. The Labute approximate surface area is 91.3 Å². The first-order chi connectivity index (χ1) is 7.41. The third-order valence-corrected chi connectivity index (χ3v) is 2.02. The number of aliphatic carboxylic acids is 1. The van der Waals surface area contributed by atoms with Crippen LogP contribution in [0.1, 0.15) is 23.0 Å². The van der Waals surface area contributed by atoms with Gasteiger partial charge in [-0.05, 0) is 13.8 Å². The Morgan fingerprint density at radius 1 is 1.50 bits per heavy atom. The highest BCUT2D eigenvalue weighted by Crippen LogP contribution is 1.93. The summed E-state index contributed by atoms with van der Waals surface area (Å²) in [6, 6.07) is 0.244. The van der Waals surface area contributed by atoms with Gasteiger partial charge in [0, 0.05) is 18.0 Å². The maximum Gasteiger partial charge on any atom is 0.325 e. The van der Waals surface area contributed by atoms with Crippen LogP contribution in [0.3, 0.4) is 0 Å². The van der Waals surface area contributed by atoms with Gasteiger partial charge in [0.25, 0.3) is 5.91 Å². The first-order valence-corrected chi connectivity index (χ1v) is 4.65. The van der Waals surface area contributed by atoms with E-state index in [-0.39, 0.29) is 5.56 Å². The van der Waals surface area contributed by atoms with Gasteiger partial charge in [-0.25, -0.2) is 0 Å². The fraction of sp³-hybridized carbons (Fsp3) is 0.300. The summed E-state index contributed by atoms with van der Waals surface area (Å²) in [4.78, 5) is 36.1. The number of amides is 1. The first kappa shape index (κ1) is 12.0. The van der Waals surface area contributed by atoms with Crippen LogP contribution in [0, 0.1) is 6.92 Å².